The van der Waals surface area contributed by atoms with Crippen molar-refractivity contribution in [1.82, 2.24) is 10.3 Å². The average Bonchev–Trinajstić information content (AvgIpc) is 2.92. The van der Waals surface area contributed by atoms with Gasteiger partial charge in [0.25, 0.3) is 0 Å². The third kappa shape index (κ3) is 1.91. The largest absolute Gasteiger partial charge is 0.305 e. The van der Waals surface area contributed by atoms with Crippen LogP contribution in [0.5, 0.6) is 0 Å². The van der Waals surface area contributed by atoms with Gasteiger partial charge in [-0.15, -0.1) is 11.3 Å². The van der Waals surface area contributed by atoms with Gasteiger partial charge in [-0.25, -0.2) is 4.98 Å². The van der Waals surface area contributed by atoms with Crippen LogP contribution in [0.25, 0.3) is 0 Å². The normalized spacial score (nSPS) is 34.5. The van der Waals surface area contributed by atoms with Gasteiger partial charge >= 0.3 is 0 Å². The molecule has 0 saturated heterocycles. The number of hydrogen-bond donors (Lipinski definition) is 1. The van der Waals surface area contributed by atoms with Crippen LogP contribution in [0.3, 0.4) is 0 Å². The van der Waals surface area contributed by atoms with Crippen molar-refractivity contribution in [3.63, 3.8) is 0 Å². The molecule has 3 heteroatoms. The lowest BCUT2D eigenvalue weighted by Gasteiger charge is -2.25. The van der Waals surface area contributed by atoms with Crippen molar-refractivity contribution in [1.29, 1.82) is 0 Å². The highest BCUT2D eigenvalue weighted by Crippen LogP contribution is 2.45. The molecule has 1 heterocycles. The Morgan fingerprint density at radius 2 is 2.31 bits per heavy atom. The van der Waals surface area contributed by atoms with E-state index in [4.69, 9.17) is 0 Å². The predicted molar refractivity (Wildman–Crippen MR) is 67.6 cm³/mol. The molecule has 88 valence electrons. The van der Waals surface area contributed by atoms with Crippen LogP contribution >= 0.6 is 11.3 Å². The first kappa shape index (κ1) is 10.7. The van der Waals surface area contributed by atoms with Crippen molar-refractivity contribution in [3.05, 3.63) is 16.1 Å². The molecule has 16 heavy (non-hydrogen) atoms. The average molecular weight is 236 g/mol. The Kier molecular flexibility index (Phi) is 2.76. The molecule has 2 aliphatic rings. The van der Waals surface area contributed by atoms with Gasteiger partial charge in [0.2, 0.25) is 0 Å². The first-order chi connectivity index (χ1) is 7.72. The van der Waals surface area contributed by atoms with Crippen molar-refractivity contribution in [2.24, 2.45) is 11.8 Å². The second kappa shape index (κ2) is 4.11. The zero-order valence-corrected chi connectivity index (χ0v) is 10.9. The molecule has 0 aliphatic heterocycles. The topological polar surface area (TPSA) is 24.9 Å². The molecule has 0 spiro atoms. The highest BCUT2D eigenvalue weighted by Gasteiger charge is 2.39. The minimum absolute atomic E-state index is 0.433. The van der Waals surface area contributed by atoms with E-state index in [9.17, 15) is 0 Å². The number of fused-ring (bicyclic) bond motifs is 2. The summed E-state index contributed by atoms with van der Waals surface area (Å²) >= 11 is 1.83. The summed E-state index contributed by atoms with van der Waals surface area (Å²) in [5.41, 5.74) is 0. The van der Waals surface area contributed by atoms with Gasteiger partial charge in [0, 0.05) is 17.1 Å². The molecule has 3 rings (SSSR count). The molecule has 1 aromatic heterocycles. The molecule has 1 aromatic rings. The number of nitrogens with zero attached hydrogens (tertiary/aromatic N) is 1. The maximum atomic E-state index is 4.48. The Bertz CT molecular complexity index is 374. The van der Waals surface area contributed by atoms with Crippen LogP contribution < -0.4 is 5.32 Å². The minimum atomic E-state index is 0.433. The zero-order chi connectivity index (χ0) is 11.1. The van der Waals surface area contributed by atoms with Crippen molar-refractivity contribution in [3.8, 4) is 0 Å². The summed E-state index contributed by atoms with van der Waals surface area (Å²) in [5.74, 6) is 1.97. The Morgan fingerprint density at radius 3 is 2.88 bits per heavy atom. The second-order valence-corrected chi connectivity index (χ2v) is 6.75. The Morgan fingerprint density at radius 1 is 1.44 bits per heavy atom. The van der Waals surface area contributed by atoms with Crippen LogP contribution in [0.4, 0.5) is 0 Å². The van der Waals surface area contributed by atoms with E-state index in [0.717, 1.165) is 17.9 Å². The van der Waals surface area contributed by atoms with Crippen LogP contribution in [0.1, 0.15) is 48.5 Å². The fraction of sp³-hybridized carbons (Fsp3) is 0.769. The van der Waals surface area contributed by atoms with E-state index in [0.29, 0.717) is 6.04 Å². The SMILES string of the molecule is Cc1cnc(C(C)NC2CC3CCC2C3)s1. The molecule has 0 amide bonds. The summed E-state index contributed by atoms with van der Waals surface area (Å²) in [6.45, 7) is 4.38. The summed E-state index contributed by atoms with van der Waals surface area (Å²) in [4.78, 5) is 5.79. The van der Waals surface area contributed by atoms with E-state index < -0.39 is 0 Å². The molecule has 0 aromatic carbocycles. The summed E-state index contributed by atoms with van der Waals surface area (Å²) in [6.07, 6.45) is 7.79. The van der Waals surface area contributed by atoms with Gasteiger partial charge in [-0.2, -0.15) is 0 Å². The lowest BCUT2D eigenvalue weighted by Crippen LogP contribution is -2.35. The number of aryl methyl sites for hydroxylation is 1. The van der Waals surface area contributed by atoms with Gasteiger partial charge in [0.05, 0.1) is 6.04 Å². The van der Waals surface area contributed by atoms with Gasteiger partial charge < -0.3 is 5.32 Å². The fourth-order valence-electron chi connectivity index (χ4n) is 3.41. The summed E-state index contributed by atoms with van der Waals surface area (Å²) in [6, 6.07) is 1.20. The predicted octanol–water partition coefficient (Wildman–Crippen LogP) is 3.29. The molecule has 1 N–H and O–H groups in total. The molecule has 2 nitrogen and oxygen atoms in total. The Balaban J connectivity index is 1.62. The number of nitrogens with one attached hydrogen (secondary N) is 1. The van der Waals surface area contributed by atoms with Crippen LogP contribution in [-0.2, 0) is 0 Å². The highest BCUT2D eigenvalue weighted by atomic mass is 32.1. The maximum absolute atomic E-state index is 4.48. The first-order valence-electron chi connectivity index (χ1n) is 6.40. The molecule has 0 radical (unpaired) electrons. The summed E-state index contributed by atoms with van der Waals surface area (Å²) < 4.78 is 0. The van der Waals surface area contributed by atoms with Crippen LogP contribution in [-0.4, -0.2) is 11.0 Å². The van der Waals surface area contributed by atoms with Gasteiger partial charge in [-0.1, -0.05) is 6.42 Å². The van der Waals surface area contributed by atoms with Crippen molar-refractivity contribution >= 4 is 11.3 Å². The maximum Gasteiger partial charge on any atom is 0.109 e. The quantitative estimate of drug-likeness (QED) is 0.871. The summed E-state index contributed by atoms with van der Waals surface area (Å²) in [7, 11) is 0. The smallest absolute Gasteiger partial charge is 0.109 e. The van der Waals surface area contributed by atoms with E-state index in [2.05, 4.69) is 24.1 Å². The molecule has 2 aliphatic carbocycles. The molecular weight excluding hydrogens is 216 g/mol. The highest BCUT2D eigenvalue weighted by molar-refractivity contribution is 7.11. The molecule has 2 fully saturated rings. The van der Waals surface area contributed by atoms with Gasteiger partial charge in [0.1, 0.15) is 5.01 Å². The lowest BCUT2D eigenvalue weighted by atomic mass is 9.95. The van der Waals surface area contributed by atoms with E-state index >= 15 is 0 Å². The third-order valence-electron chi connectivity index (χ3n) is 4.21. The van der Waals surface area contributed by atoms with E-state index in [1.54, 1.807) is 0 Å². The molecule has 2 bridgehead atoms. The van der Waals surface area contributed by atoms with Gasteiger partial charge in [-0.05, 0) is 44.9 Å². The number of aromatic nitrogens is 1. The van der Waals surface area contributed by atoms with Crippen molar-refractivity contribution in [2.45, 2.75) is 51.6 Å². The van der Waals surface area contributed by atoms with E-state index in [1.165, 1.54) is 35.6 Å². The molecular formula is C13H20N2S. The fourth-order valence-corrected chi connectivity index (χ4v) is 4.20. The third-order valence-corrected chi connectivity index (χ3v) is 5.31. The van der Waals surface area contributed by atoms with Crippen LogP contribution in [0.2, 0.25) is 0 Å². The Labute approximate surface area is 101 Å². The molecule has 4 atom stereocenters. The van der Waals surface area contributed by atoms with Crippen LogP contribution in [0, 0.1) is 18.8 Å². The minimum Gasteiger partial charge on any atom is -0.305 e. The molecule has 2 saturated carbocycles. The summed E-state index contributed by atoms with van der Waals surface area (Å²) in [5, 5.41) is 5.04. The van der Waals surface area contributed by atoms with Gasteiger partial charge in [0.15, 0.2) is 0 Å². The number of thiazole rings is 1. The number of rotatable bonds is 3. The molecule has 4 unspecified atom stereocenters. The van der Waals surface area contributed by atoms with Crippen LogP contribution in [0.15, 0.2) is 6.20 Å². The monoisotopic (exact) mass is 236 g/mol. The Hall–Kier alpha value is -0.410. The van der Waals surface area contributed by atoms with Crippen molar-refractivity contribution in [2.75, 3.05) is 0 Å². The van der Waals surface area contributed by atoms with E-state index in [-0.39, 0.29) is 0 Å². The standard InChI is InChI=1S/C13H20N2S/c1-8-7-14-13(16-8)9(2)15-12-6-10-3-4-11(12)5-10/h7,9-12,15H,3-6H2,1-2H3. The second-order valence-electron chi connectivity index (χ2n) is 5.48. The van der Waals surface area contributed by atoms with E-state index in [1.807, 2.05) is 17.5 Å². The zero-order valence-electron chi connectivity index (χ0n) is 10.1. The first-order valence-corrected chi connectivity index (χ1v) is 7.22. The van der Waals surface area contributed by atoms with Gasteiger partial charge in [-0.3, -0.25) is 0 Å². The lowest BCUT2D eigenvalue weighted by molar-refractivity contribution is 0.326. The number of hydrogen-bond acceptors (Lipinski definition) is 3. The van der Waals surface area contributed by atoms with Crippen molar-refractivity contribution < 1.29 is 0 Å².